The first-order valence-electron chi connectivity index (χ1n) is 12.2. The number of halogens is 2. The molecular formula is C30H21Cl2N3O7. The molecule has 0 radical (unpaired) electrons. The van der Waals surface area contributed by atoms with Gasteiger partial charge in [0.25, 0.3) is 5.91 Å². The van der Waals surface area contributed by atoms with Gasteiger partial charge in [-0.25, -0.2) is 14.4 Å². The summed E-state index contributed by atoms with van der Waals surface area (Å²) in [5.74, 6) is -5.10. The average molecular weight is 606 g/mol. The van der Waals surface area contributed by atoms with Crippen molar-refractivity contribution in [2.24, 2.45) is 10.2 Å². The largest absolute Gasteiger partial charge is 0.478 e. The quantitative estimate of drug-likeness (QED) is 0.148. The van der Waals surface area contributed by atoms with Gasteiger partial charge in [0.2, 0.25) is 12.2 Å². The lowest BCUT2D eigenvalue weighted by atomic mass is 10.1. The van der Waals surface area contributed by atoms with Gasteiger partial charge in [-0.3, -0.25) is 4.79 Å². The topological polar surface area (TPSA) is 144 Å². The minimum atomic E-state index is -2.25. The van der Waals surface area contributed by atoms with Crippen molar-refractivity contribution in [1.29, 1.82) is 0 Å². The number of rotatable bonds is 10. The molecule has 0 bridgehead atoms. The Morgan fingerprint density at radius 1 is 0.619 bits per heavy atom. The summed E-state index contributed by atoms with van der Waals surface area (Å²) in [4.78, 5) is 51.3. The number of esters is 2. The predicted octanol–water partition coefficient (Wildman–Crippen LogP) is 6.88. The lowest BCUT2D eigenvalue weighted by Gasteiger charge is -2.24. The number of carbonyl (C=O) groups excluding carboxylic acids is 3. The second kappa shape index (κ2) is 14.0. The Kier molecular flexibility index (Phi) is 9.99. The Morgan fingerprint density at radius 2 is 1.07 bits per heavy atom. The molecule has 0 saturated carbocycles. The maximum atomic E-state index is 13.3. The summed E-state index contributed by atoms with van der Waals surface area (Å²) < 4.78 is 10.4. The van der Waals surface area contributed by atoms with Gasteiger partial charge in [-0.1, -0.05) is 65.7 Å². The number of azo groups is 1. The van der Waals surface area contributed by atoms with Gasteiger partial charge in [0, 0.05) is 5.69 Å². The van der Waals surface area contributed by atoms with Crippen LogP contribution in [0, 0.1) is 0 Å². The highest BCUT2D eigenvalue weighted by Gasteiger charge is 2.41. The molecule has 42 heavy (non-hydrogen) atoms. The van der Waals surface area contributed by atoms with Crippen molar-refractivity contribution in [3.8, 4) is 0 Å². The Balaban J connectivity index is 1.58. The molecule has 0 aliphatic heterocycles. The number of benzene rings is 4. The van der Waals surface area contributed by atoms with Crippen molar-refractivity contribution < 1.29 is 33.8 Å². The summed E-state index contributed by atoms with van der Waals surface area (Å²) in [7, 11) is 0. The fraction of sp³-hybridized carbons (Fsp3) is 0.0667. The molecule has 4 aromatic rings. The van der Waals surface area contributed by atoms with Crippen LogP contribution >= 0.6 is 23.2 Å². The van der Waals surface area contributed by atoms with Gasteiger partial charge in [-0.2, -0.15) is 10.2 Å². The van der Waals surface area contributed by atoms with E-state index in [-0.39, 0.29) is 26.9 Å². The highest BCUT2D eigenvalue weighted by atomic mass is 35.5. The van der Waals surface area contributed by atoms with Gasteiger partial charge >= 0.3 is 17.9 Å². The predicted molar refractivity (Wildman–Crippen MR) is 155 cm³/mol. The number of carboxylic acid groups (broad SMARTS) is 1. The van der Waals surface area contributed by atoms with Crippen LogP contribution in [-0.2, 0) is 19.1 Å². The smallest absolute Gasteiger partial charge is 0.349 e. The number of nitrogens with zero attached hydrogens (tertiary/aromatic N) is 2. The number of nitrogens with one attached hydrogen (secondary N) is 1. The van der Waals surface area contributed by atoms with Crippen molar-refractivity contribution >= 4 is 64.1 Å². The lowest BCUT2D eigenvalue weighted by Crippen LogP contribution is -2.48. The van der Waals surface area contributed by atoms with E-state index in [0.29, 0.717) is 11.4 Å². The van der Waals surface area contributed by atoms with Gasteiger partial charge < -0.3 is 19.9 Å². The summed E-state index contributed by atoms with van der Waals surface area (Å²) in [6.45, 7) is 0. The number of hydrogen-bond acceptors (Lipinski definition) is 8. The molecule has 0 aromatic heterocycles. The number of amides is 1. The van der Waals surface area contributed by atoms with E-state index >= 15 is 0 Å². The van der Waals surface area contributed by atoms with Crippen LogP contribution in [0.15, 0.2) is 113 Å². The lowest BCUT2D eigenvalue weighted by molar-refractivity contribution is -0.157. The Labute approximate surface area is 249 Å². The third-order valence-electron chi connectivity index (χ3n) is 5.60. The molecule has 4 rings (SSSR count). The number of ether oxygens (including phenoxy) is 2. The average Bonchev–Trinajstić information content (AvgIpc) is 2.99. The first kappa shape index (κ1) is 29.9. The molecule has 0 fully saturated rings. The fourth-order valence-corrected chi connectivity index (χ4v) is 3.97. The molecule has 0 aliphatic rings. The van der Waals surface area contributed by atoms with E-state index in [1.54, 1.807) is 36.4 Å². The molecule has 10 nitrogen and oxygen atoms in total. The minimum Gasteiger partial charge on any atom is -0.478 e. The zero-order valence-electron chi connectivity index (χ0n) is 21.5. The number of aliphatic carboxylic acids is 1. The number of carbonyl (C=O) groups is 4. The zero-order valence-corrected chi connectivity index (χ0v) is 23.0. The highest BCUT2D eigenvalue weighted by molar-refractivity contribution is 6.34. The summed E-state index contributed by atoms with van der Waals surface area (Å²) in [5, 5.41) is 20.6. The van der Waals surface area contributed by atoms with Crippen molar-refractivity contribution in [2.75, 3.05) is 5.32 Å². The van der Waals surface area contributed by atoms with Crippen LogP contribution in [0.3, 0.4) is 0 Å². The van der Waals surface area contributed by atoms with Crippen molar-refractivity contribution in [1.82, 2.24) is 0 Å². The monoisotopic (exact) mass is 605 g/mol. The maximum Gasteiger partial charge on any atom is 0.349 e. The molecule has 4 aromatic carbocycles. The van der Waals surface area contributed by atoms with Crippen molar-refractivity contribution in [2.45, 2.75) is 12.2 Å². The summed E-state index contributed by atoms with van der Waals surface area (Å²) >= 11 is 12.1. The Bertz CT molecular complexity index is 1630. The van der Waals surface area contributed by atoms with Crippen LogP contribution in [0.4, 0.5) is 17.1 Å². The minimum absolute atomic E-state index is 0.00171. The van der Waals surface area contributed by atoms with Crippen LogP contribution in [-0.4, -0.2) is 41.1 Å². The third kappa shape index (κ3) is 7.78. The van der Waals surface area contributed by atoms with Crippen LogP contribution in [0.25, 0.3) is 0 Å². The Hall–Kier alpha value is -5.06. The van der Waals surface area contributed by atoms with E-state index in [2.05, 4.69) is 15.5 Å². The third-order valence-corrected chi connectivity index (χ3v) is 6.26. The summed E-state index contributed by atoms with van der Waals surface area (Å²) in [6, 6.07) is 26.7. The van der Waals surface area contributed by atoms with Crippen LogP contribution in [0.5, 0.6) is 0 Å². The van der Waals surface area contributed by atoms with E-state index < -0.39 is 36.0 Å². The van der Waals surface area contributed by atoms with E-state index in [1.807, 2.05) is 18.2 Å². The molecule has 0 spiro atoms. The normalized spacial score (nSPS) is 12.2. The first-order valence-corrected chi connectivity index (χ1v) is 13.0. The van der Waals surface area contributed by atoms with Crippen LogP contribution < -0.4 is 5.32 Å². The second-order valence-electron chi connectivity index (χ2n) is 8.52. The fourth-order valence-electron chi connectivity index (χ4n) is 3.54. The standard InChI is InChI=1S/C30H21Cl2N3O7/c31-23-12-6-4-10-21(23)29(39)41-25(26(28(37)38)42-30(40)22-11-5-7-13-24(22)32)27(36)33-18-14-16-20(17-15-18)35-34-19-8-2-1-3-9-19/h1-17,25-26H,(H,33,36)(H,37,38)/t25-,26-/m1/s1. The van der Waals surface area contributed by atoms with Gasteiger partial charge in [-0.15, -0.1) is 0 Å². The maximum absolute atomic E-state index is 13.3. The summed E-state index contributed by atoms with van der Waals surface area (Å²) in [5.41, 5.74) is 1.03. The first-order chi connectivity index (χ1) is 20.2. The summed E-state index contributed by atoms with van der Waals surface area (Å²) in [6.07, 6.45) is -4.38. The number of hydrogen-bond donors (Lipinski definition) is 2. The van der Waals surface area contributed by atoms with Gasteiger partial charge in [0.05, 0.1) is 32.5 Å². The molecule has 212 valence electrons. The molecular weight excluding hydrogens is 585 g/mol. The van der Waals surface area contributed by atoms with Gasteiger partial charge in [-0.05, 0) is 60.7 Å². The van der Waals surface area contributed by atoms with Crippen LogP contribution in [0.2, 0.25) is 10.0 Å². The second-order valence-corrected chi connectivity index (χ2v) is 9.34. The highest BCUT2D eigenvalue weighted by Crippen LogP contribution is 2.23. The number of anilines is 1. The SMILES string of the molecule is O=C(O[C@@H](C(=O)O)[C@@H](OC(=O)c1ccccc1Cl)C(=O)Nc1ccc(N=Nc2ccccc2)cc1)c1ccccc1Cl. The van der Waals surface area contributed by atoms with E-state index in [1.165, 1.54) is 48.5 Å². The molecule has 0 aliphatic carbocycles. The zero-order chi connectivity index (χ0) is 30.1. The van der Waals surface area contributed by atoms with Gasteiger partial charge in [0.15, 0.2) is 0 Å². The molecule has 0 saturated heterocycles. The Morgan fingerprint density at radius 3 is 1.57 bits per heavy atom. The van der Waals surface area contributed by atoms with Crippen LogP contribution in [0.1, 0.15) is 20.7 Å². The molecule has 0 unspecified atom stereocenters. The molecule has 2 N–H and O–H groups in total. The van der Waals surface area contributed by atoms with E-state index in [0.717, 1.165) is 0 Å². The van der Waals surface area contributed by atoms with Gasteiger partial charge in [0.1, 0.15) is 0 Å². The number of carboxylic acids is 1. The molecule has 2 atom stereocenters. The molecule has 12 heteroatoms. The molecule has 1 amide bonds. The molecule has 0 heterocycles. The van der Waals surface area contributed by atoms with Crippen molar-refractivity contribution in [3.63, 3.8) is 0 Å². The van der Waals surface area contributed by atoms with Crippen molar-refractivity contribution in [3.05, 3.63) is 124 Å². The van der Waals surface area contributed by atoms with E-state index in [4.69, 9.17) is 32.7 Å². The van der Waals surface area contributed by atoms with E-state index in [9.17, 15) is 24.3 Å².